The average Bonchev–Trinajstić information content (AvgIpc) is 2.55. The lowest BCUT2D eigenvalue weighted by atomic mass is 10.1. The maximum absolute atomic E-state index is 11.4. The monoisotopic (exact) mass is 374 g/mol. The first-order valence-electron chi connectivity index (χ1n) is 7.44. The highest BCUT2D eigenvalue weighted by atomic mass is 32.2. The summed E-state index contributed by atoms with van der Waals surface area (Å²) in [5, 5.41) is 11.4. The number of aromatic nitrogens is 1. The van der Waals surface area contributed by atoms with Gasteiger partial charge < -0.3 is 8.92 Å². The molecule has 0 amide bonds. The zero-order chi connectivity index (χ0) is 18.9. The van der Waals surface area contributed by atoms with Crippen LogP contribution in [-0.2, 0) is 10.1 Å². The van der Waals surface area contributed by atoms with Crippen LogP contribution in [0.15, 0.2) is 48.7 Å². The van der Waals surface area contributed by atoms with Crippen molar-refractivity contribution in [3.63, 3.8) is 0 Å². The highest BCUT2D eigenvalue weighted by Gasteiger charge is 2.13. The fourth-order valence-electron chi connectivity index (χ4n) is 2.36. The zero-order valence-electron chi connectivity index (χ0n) is 13.9. The number of nitro benzene ring substituents is 1. The van der Waals surface area contributed by atoms with Crippen LogP contribution in [0.3, 0.4) is 0 Å². The van der Waals surface area contributed by atoms with E-state index in [0.29, 0.717) is 28.0 Å². The van der Waals surface area contributed by atoms with Crippen LogP contribution in [0.5, 0.6) is 17.2 Å². The normalized spacial score (nSPS) is 11.3. The Balaban J connectivity index is 1.99. The van der Waals surface area contributed by atoms with Crippen LogP contribution in [0.2, 0.25) is 0 Å². The van der Waals surface area contributed by atoms with Gasteiger partial charge in [0.1, 0.15) is 17.2 Å². The van der Waals surface area contributed by atoms with Gasteiger partial charge in [-0.3, -0.25) is 15.1 Å². The molecule has 0 saturated heterocycles. The fraction of sp³-hybridized carbons (Fsp3) is 0.118. The third-order valence-corrected chi connectivity index (χ3v) is 4.00. The summed E-state index contributed by atoms with van der Waals surface area (Å²) >= 11 is 0. The molecule has 0 N–H and O–H groups in total. The number of hydrogen-bond acceptors (Lipinski definition) is 7. The minimum absolute atomic E-state index is 0.0321. The zero-order valence-corrected chi connectivity index (χ0v) is 14.7. The van der Waals surface area contributed by atoms with Crippen LogP contribution in [-0.4, -0.2) is 24.6 Å². The molecule has 0 fully saturated rings. The van der Waals surface area contributed by atoms with E-state index in [0.717, 1.165) is 6.26 Å². The molecule has 0 spiro atoms. The summed E-state index contributed by atoms with van der Waals surface area (Å²) in [6.07, 6.45) is 2.49. The van der Waals surface area contributed by atoms with E-state index in [9.17, 15) is 18.5 Å². The molecule has 8 nitrogen and oxygen atoms in total. The van der Waals surface area contributed by atoms with Gasteiger partial charge in [0.15, 0.2) is 0 Å². The smallest absolute Gasteiger partial charge is 0.306 e. The van der Waals surface area contributed by atoms with Crippen molar-refractivity contribution in [2.24, 2.45) is 0 Å². The van der Waals surface area contributed by atoms with Crippen LogP contribution in [0.1, 0.15) is 5.56 Å². The number of rotatable bonds is 5. The van der Waals surface area contributed by atoms with E-state index in [-0.39, 0.29) is 11.4 Å². The Hall–Kier alpha value is -3.20. The van der Waals surface area contributed by atoms with Crippen molar-refractivity contribution in [1.29, 1.82) is 0 Å². The molecule has 0 aliphatic carbocycles. The van der Waals surface area contributed by atoms with Crippen LogP contribution in [0.4, 0.5) is 5.69 Å². The summed E-state index contributed by atoms with van der Waals surface area (Å²) in [5.41, 5.74) is 1.06. The number of fused-ring (bicyclic) bond motifs is 1. The molecule has 0 aliphatic rings. The summed E-state index contributed by atoms with van der Waals surface area (Å²) in [6, 6.07) is 10.6. The molecule has 3 rings (SSSR count). The quantitative estimate of drug-likeness (QED) is 0.381. The first-order chi connectivity index (χ1) is 12.2. The van der Waals surface area contributed by atoms with Crippen molar-refractivity contribution in [1.82, 2.24) is 4.98 Å². The van der Waals surface area contributed by atoms with E-state index in [1.54, 1.807) is 19.1 Å². The third kappa shape index (κ3) is 3.89. The lowest BCUT2D eigenvalue weighted by molar-refractivity contribution is -0.384. The maximum Gasteiger partial charge on any atom is 0.306 e. The first kappa shape index (κ1) is 17.6. The van der Waals surface area contributed by atoms with Crippen LogP contribution in [0.25, 0.3) is 10.9 Å². The molecule has 26 heavy (non-hydrogen) atoms. The van der Waals surface area contributed by atoms with E-state index in [1.165, 1.54) is 36.5 Å². The van der Waals surface area contributed by atoms with Gasteiger partial charge in [0.2, 0.25) is 0 Å². The van der Waals surface area contributed by atoms with Crippen molar-refractivity contribution in [3.8, 4) is 17.2 Å². The van der Waals surface area contributed by atoms with E-state index in [4.69, 9.17) is 8.92 Å². The van der Waals surface area contributed by atoms with Crippen LogP contribution >= 0.6 is 0 Å². The number of non-ortho nitro benzene ring substituents is 1. The molecule has 9 heteroatoms. The Morgan fingerprint density at radius 3 is 2.38 bits per heavy atom. The molecule has 2 aromatic carbocycles. The van der Waals surface area contributed by atoms with Crippen molar-refractivity contribution in [3.05, 3.63) is 64.3 Å². The minimum Gasteiger partial charge on any atom is -0.457 e. The summed E-state index contributed by atoms with van der Waals surface area (Å²) in [7, 11) is -3.65. The molecule has 0 atom stereocenters. The molecule has 0 aliphatic heterocycles. The second kappa shape index (κ2) is 6.60. The number of pyridine rings is 1. The van der Waals surface area contributed by atoms with Gasteiger partial charge in [-0.1, -0.05) is 0 Å². The molecule has 1 aromatic heterocycles. The van der Waals surface area contributed by atoms with Crippen molar-refractivity contribution < 1.29 is 22.3 Å². The number of nitrogens with zero attached hydrogens (tertiary/aromatic N) is 2. The predicted molar refractivity (Wildman–Crippen MR) is 95.1 cm³/mol. The Bertz CT molecular complexity index is 1090. The van der Waals surface area contributed by atoms with Gasteiger partial charge >= 0.3 is 10.1 Å². The van der Waals surface area contributed by atoms with Gasteiger partial charge in [0, 0.05) is 29.8 Å². The standard InChI is InChI=1S/C17H14N2O6S/c1-11-9-14-15(10-17(11)25-26(2,22)23)18-8-7-16(14)24-13-5-3-12(4-6-13)19(20)21/h3-10H,1-2H3. The molecule has 0 radical (unpaired) electrons. The first-order valence-corrected chi connectivity index (χ1v) is 9.26. The summed E-state index contributed by atoms with van der Waals surface area (Å²) in [6.45, 7) is 1.71. The Labute approximate surface area is 149 Å². The van der Waals surface area contributed by atoms with Gasteiger partial charge in [-0.15, -0.1) is 0 Å². The molecular weight excluding hydrogens is 360 g/mol. The van der Waals surface area contributed by atoms with Crippen molar-refractivity contribution >= 4 is 26.7 Å². The third-order valence-electron chi connectivity index (χ3n) is 3.51. The largest absolute Gasteiger partial charge is 0.457 e. The fourth-order valence-corrected chi connectivity index (χ4v) is 2.87. The topological polar surface area (TPSA) is 109 Å². The van der Waals surface area contributed by atoms with Gasteiger partial charge in [-0.2, -0.15) is 8.42 Å². The SMILES string of the molecule is Cc1cc2c(Oc3ccc([N+](=O)[O-])cc3)ccnc2cc1OS(C)(=O)=O. The second-order valence-electron chi connectivity index (χ2n) is 5.58. The lowest BCUT2D eigenvalue weighted by Crippen LogP contribution is -2.06. The highest BCUT2D eigenvalue weighted by Crippen LogP contribution is 2.33. The second-order valence-corrected chi connectivity index (χ2v) is 7.16. The Kier molecular flexibility index (Phi) is 4.47. The van der Waals surface area contributed by atoms with E-state index >= 15 is 0 Å². The molecule has 0 bridgehead atoms. The van der Waals surface area contributed by atoms with Gasteiger partial charge in [0.05, 0.1) is 16.7 Å². The number of hydrogen-bond donors (Lipinski definition) is 0. The summed E-state index contributed by atoms with van der Waals surface area (Å²) in [5.74, 6) is 1.11. The van der Waals surface area contributed by atoms with Gasteiger partial charge in [-0.25, -0.2) is 0 Å². The van der Waals surface area contributed by atoms with Gasteiger partial charge in [0.25, 0.3) is 5.69 Å². The maximum atomic E-state index is 11.4. The lowest BCUT2D eigenvalue weighted by Gasteiger charge is -2.11. The van der Waals surface area contributed by atoms with Crippen LogP contribution < -0.4 is 8.92 Å². The Morgan fingerprint density at radius 2 is 1.77 bits per heavy atom. The summed E-state index contributed by atoms with van der Waals surface area (Å²) < 4.78 is 33.5. The molecule has 3 aromatic rings. The number of ether oxygens (including phenoxy) is 1. The Morgan fingerprint density at radius 1 is 1.08 bits per heavy atom. The molecule has 1 heterocycles. The van der Waals surface area contributed by atoms with Crippen molar-refractivity contribution in [2.45, 2.75) is 6.92 Å². The molecule has 134 valence electrons. The highest BCUT2D eigenvalue weighted by molar-refractivity contribution is 7.86. The number of aryl methyl sites for hydroxylation is 1. The van der Waals surface area contributed by atoms with Crippen molar-refractivity contribution in [2.75, 3.05) is 6.26 Å². The average molecular weight is 374 g/mol. The van der Waals surface area contributed by atoms with E-state index in [1.807, 2.05) is 0 Å². The molecule has 0 saturated carbocycles. The summed E-state index contributed by atoms with van der Waals surface area (Å²) in [4.78, 5) is 14.4. The van der Waals surface area contributed by atoms with Crippen LogP contribution in [0, 0.1) is 17.0 Å². The van der Waals surface area contributed by atoms with E-state index in [2.05, 4.69) is 4.98 Å². The number of nitro groups is 1. The number of benzene rings is 2. The van der Waals surface area contributed by atoms with Gasteiger partial charge in [-0.05, 0) is 36.8 Å². The minimum atomic E-state index is -3.65. The van der Waals surface area contributed by atoms with E-state index < -0.39 is 15.0 Å². The predicted octanol–water partition coefficient (Wildman–Crippen LogP) is 3.58. The molecular formula is C17H14N2O6S. The molecule has 0 unspecified atom stereocenters.